The van der Waals surface area contributed by atoms with Gasteiger partial charge >= 0.3 is 0 Å². The molecule has 13 heavy (non-hydrogen) atoms. The summed E-state index contributed by atoms with van der Waals surface area (Å²) in [6, 6.07) is 7.41. The fraction of sp³-hybridized carbons (Fsp3) is 0.125. The number of hydrazine groups is 1. The van der Waals surface area contributed by atoms with E-state index in [0.29, 0.717) is 12.2 Å². The number of hydrogen-bond donors (Lipinski definition) is 3. The molecule has 5 heteroatoms. The molecule has 1 aromatic rings. The summed E-state index contributed by atoms with van der Waals surface area (Å²) in [5.74, 6) is 5.52. The number of anilines is 1. The van der Waals surface area contributed by atoms with Crippen molar-refractivity contribution in [3.8, 4) is 0 Å². The van der Waals surface area contributed by atoms with E-state index in [4.69, 9.17) is 29.5 Å². The molecule has 0 aliphatic carbocycles. The summed E-state index contributed by atoms with van der Waals surface area (Å²) in [5.41, 5.74) is 12.6. The third-order valence-corrected chi connectivity index (χ3v) is 1.82. The molecule has 0 aromatic heterocycles. The van der Waals surface area contributed by atoms with Crippen molar-refractivity contribution in [2.24, 2.45) is 11.6 Å². The lowest BCUT2D eigenvalue weighted by Crippen LogP contribution is -2.40. The average molecular weight is 196 g/mol. The van der Waals surface area contributed by atoms with Crippen LogP contribution in [0.25, 0.3) is 0 Å². The van der Waals surface area contributed by atoms with Crippen molar-refractivity contribution in [2.75, 3.05) is 5.73 Å². The highest BCUT2D eigenvalue weighted by Crippen LogP contribution is 2.07. The fourth-order valence-corrected chi connectivity index (χ4v) is 1.03. The molecule has 4 nitrogen and oxygen atoms in total. The Kier molecular flexibility index (Phi) is 3.05. The van der Waals surface area contributed by atoms with Crippen molar-refractivity contribution >= 4 is 23.0 Å². The first-order valence-electron chi connectivity index (χ1n) is 3.75. The maximum Gasteiger partial charge on any atom is 0.180 e. The molecular formula is C8H12N4S. The van der Waals surface area contributed by atoms with Gasteiger partial charge in [-0.05, 0) is 29.9 Å². The van der Waals surface area contributed by atoms with Gasteiger partial charge in [0.25, 0.3) is 0 Å². The number of benzene rings is 1. The van der Waals surface area contributed by atoms with Gasteiger partial charge in [0.1, 0.15) is 0 Å². The fourth-order valence-electron chi connectivity index (χ4n) is 0.966. The van der Waals surface area contributed by atoms with Gasteiger partial charge in [-0.3, -0.25) is 5.01 Å². The molecule has 0 radical (unpaired) electrons. The third kappa shape index (κ3) is 2.89. The molecule has 0 spiro atoms. The first-order chi connectivity index (χ1) is 6.09. The van der Waals surface area contributed by atoms with Crippen LogP contribution >= 0.6 is 12.2 Å². The molecule has 0 bridgehead atoms. The third-order valence-electron chi connectivity index (χ3n) is 1.59. The van der Waals surface area contributed by atoms with Crippen LogP contribution in [-0.4, -0.2) is 10.1 Å². The molecule has 0 saturated carbocycles. The Balaban J connectivity index is 2.69. The minimum Gasteiger partial charge on any atom is -0.399 e. The maximum atomic E-state index is 5.59. The Morgan fingerprint density at radius 1 is 1.46 bits per heavy atom. The zero-order valence-corrected chi connectivity index (χ0v) is 7.92. The highest BCUT2D eigenvalue weighted by atomic mass is 32.1. The summed E-state index contributed by atoms with van der Waals surface area (Å²) in [6.45, 7) is 0.473. The minimum absolute atomic E-state index is 0.169. The van der Waals surface area contributed by atoms with E-state index in [-0.39, 0.29) is 5.11 Å². The normalized spacial score (nSPS) is 9.62. The molecule has 0 saturated heterocycles. The highest BCUT2D eigenvalue weighted by molar-refractivity contribution is 7.80. The average Bonchev–Trinajstić information content (AvgIpc) is 2.04. The topological polar surface area (TPSA) is 81.3 Å². The molecule has 0 aliphatic rings. The Bertz CT molecular complexity index is 313. The predicted octanol–water partition coefficient (Wildman–Crippen LogP) is 0.188. The van der Waals surface area contributed by atoms with Gasteiger partial charge in [0.15, 0.2) is 5.11 Å². The molecule has 0 atom stereocenters. The zero-order valence-electron chi connectivity index (χ0n) is 7.10. The van der Waals surface area contributed by atoms with E-state index in [2.05, 4.69) is 0 Å². The first-order valence-corrected chi connectivity index (χ1v) is 4.16. The Morgan fingerprint density at radius 2 is 2.15 bits per heavy atom. The van der Waals surface area contributed by atoms with E-state index in [0.717, 1.165) is 5.56 Å². The molecule has 1 rings (SSSR count). The number of rotatable bonds is 2. The van der Waals surface area contributed by atoms with Crippen LogP contribution < -0.4 is 17.3 Å². The second kappa shape index (κ2) is 4.06. The number of hydrogen-bond acceptors (Lipinski definition) is 3. The zero-order chi connectivity index (χ0) is 9.84. The van der Waals surface area contributed by atoms with Crippen molar-refractivity contribution in [1.29, 1.82) is 0 Å². The lowest BCUT2D eigenvalue weighted by molar-refractivity contribution is 0.437. The summed E-state index contributed by atoms with van der Waals surface area (Å²) in [7, 11) is 0. The van der Waals surface area contributed by atoms with Gasteiger partial charge in [-0.15, -0.1) is 0 Å². The summed E-state index contributed by atoms with van der Waals surface area (Å²) in [4.78, 5) is 0. The standard InChI is InChI=1S/C8H12N4S/c9-7-3-1-2-6(4-7)5-12(11)8(10)13/h1-4H,5,9,11H2,(H2,10,13). The van der Waals surface area contributed by atoms with Crippen LogP contribution in [0, 0.1) is 0 Å². The Labute approximate surface area is 82.3 Å². The van der Waals surface area contributed by atoms with Crippen LogP contribution in [-0.2, 0) is 6.54 Å². The van der Waals surface area contributed by atoms with Crippen molar-refractivity contribution < 1.29 is 0 Å². The van der Waals surface area contributed by atoms with E-state index in [9.17, 15) is 0 Å². The molecule has 0 aliphatic heterocycles. The monoisotopic (exact) mass is 196 g/mol. The van der Waals surface area contributed by atoms with E-state index < -0.39 is 0 Å². The SMILES string of the molecule is NC(=S)N(N)Cc1cccc(N)c1. The first kappa shape index (κ1) is 9.76. The second-order valence-electron chi connectivity index (χ2n) is 2.71. The molecule has 70 valence electrons. The lowest BCUT2D eigenvalue weighted by Gasteiger charge is -2.15. The summed E-state index contributed by atoms with van der Waals surface area (Å²) >= 11 is 4.70. The molecular weight excluding hydrogens is 184 g/mol. The smallest absolute Gasteiger partial charge is 0.180 e. The Hall–Kier alpha value is -1.33. The molecule has 0 heterocycles. The largest absolute Gasteiger partial charge is 0.399 e. The van der Waals surface area contributed by atoms with Crippen LogP contribution in [0.3, 0.4) is 0 Å². The lowest BCUT2D eigenvalue weighted by atomic mass is 10.2. The van der Waals surface area contributed by atoms with Gasteiger partial charge in [0.05, 0.1) is 6.54 Å². The van der Waals surface area contributed by atoms with Gasteiger partial charge < -0.3 is 11.5 Å². The van der Waals surface area contributed by atoms with Gasteiger partial charge in [-0.1, -0.05) is 12.1 Å². The predicted molar refractivity (Wildman–Crippen MR) is 57.4 cm³/mol. The summed E-state index contributed by atoms with van der Waals surface area (Å²) in [6.07, 6.45) is 0. The van der Waals surface area contributed by atoms with Gasteiger partial charge in [-0.25, -0.2) is 5.84 Å². The van der Waals surface area contributed by atoms with E-state index in [1.807, 2.05) is 24.3 Å². The van der Waals surface area contributed by atoms with Crippen LogP contribution in [0.1, 0.15) is 5.56 Å². The molecule has 0 fully saturated rings. The van der Waals surface area contributed by atoms with Crippen molar-refractivity contribution in [3.05, 3.63) is 29.8 Å². The van der Waals surface area contributed by atoms with E-state index in [1.165, 1.54) is 5.01 Å². The Morgan fingerprint density at radius 3 is 2.69 bits per heavy atom. The number of thiocarbonyl (C=S) groups is 1. The van der Waals surface area contributed by atoms with Crippen molar-refractivity contribution in [2.45, 2.75) is 6.54 Å². The highest BCUT2D eigenvalue weighted by Gasteiger charge is 2.01. The van der Waals surface area contributed by atoms with Crippen molar-refractivity contribution in [1.82, 2.24) is 5.01 Å². The van der Waals surface area contributed by atoms with Gasteiger partial charge in [0, 0.05) is 5.69 Å². The molecule has 0 amide bonds. The van der Waals surface area contributed by atoms with E-state index in [1.54, 1.807) is 0 Å². The number of nitrogens with zero attached hydrogens (tertiary/aromatic N) is 1. The summed E-state index contributed by atoms with van der Waals surface area (Å²) < 4.78 is 0. The van der Waals surface area contributed by atoms with Crippen LogP contribution in [0.2, 0.25) is 0 Å². The van der Waals surface area contributed by atoms with E-state index >= 15 is 0 Å². The van der Waals surface area contributed by atoms with Gasteiger partial charge in [0.2, 0.25) is 0 Å². The maximum absolute atomic E-state index is 5.59. The number of nitrogen functional groups attached to an aromatic ring is 1. The minimum atomic E-state index is 0.169. The molecule has 1 aromatic carbocycles. The van der Waals surface area contributed by atoms with Crippen LogP contribution in [0.4, 0.5) is 5.69 Å². The molecule has 0 unspecified atom stereocenters. The number of nitrogens with two attached hydrogens (primary N) is 3. The van der Waals surface area contributed by atoms with Crippen LogP contribution in [0.5, 0.6) is 0 Å². The van der Waals surface area contributed by atoms with Gasteiger partial charge in [-0.2, -0.15) is 0 Å². The quantitative estimate of drug-likeness (QED) is 0.272. The summed E-state index contributed by atoms with van der Waals surface area (Å²) in [5, 5.41) is 1.46. The molecule has 6 N–H and O–H groups in total. The van der Waals surface area contributed by atoms with Crippen LogP contribution in [0.15, 0.2) is 24.3 Å². The second-order valence-corrected chi connectivity index (χ2v) is 3.13. The van der Waals surface area contributed by atoms with Crippen molar-refractivity contribution in [3.63, 3.8) is 0 Å².